The molecule has 0 aliphatic rings. The predicted molar refractivity (Wildman–Crippen MR) is 32.8 cm³/mol. The first-order valence-electron chi connectivity index (χ1n) is 2.58. The summed E-state index contributed by atoms with van der Waals surface area (Å²) in [6, 6.07) is 0. The molecule has 0 heterocycles. The molecule has 2 heteroatoms. The van der Waals surface area contributed by atoms with E-state index in [2.05, 4.69) is 6.92 Å². The third-order valence-electron chi connectivity index (χ3n) is 1.11. The van der Waals surface area contributed by atoms with Gasteiger partial charge in [-0.2, -0.15) is 0 Å². The molecule has 0 spiro atoms. The zero-order chi connectivity index (χ0) is 6.73. The fourth-order valence-electron chi connectivity index (χ4n) is 0.344. The Hall–Kier alpha value is -0.400. The van der Waals surface area contributed by atoms with Gasteiger partial charge in [0.15, 0.2) is 0 Å². The maximum atomic E-state index is 12.1. The van der Waals surface area contributed by atoms with Crippen molar-refractivity contribution in [1.29, 1.82) is 5.41 Å². The molecule has 1 radical (unpaired) electrons. The SMILES string of the molecule is [CH2]C(C(C)=N)C(C)F. The molecule has 0 aromatic rings. The maximum absolute atomic E-state index is 12.1. The van der Waals surface area contributed by atoms with Crippen molar-refractivity contribution in [3.05, 3.63) is 6.92 Å². The van der Waals surface area contributed by atoms with Crippen LogP contribution in [0.25, 0.3) is 0 Å². The molecule has 47 valence electrons. The number of hydrogen-bond acceptors (Lipinski definition) is 1. The van der Waals surface area contributed by atoms with Gasteiger partial charge in [0.25, 0.3) is 0 Å². The topological polar surface area (TPSA) is 23.9 Å². The predicted octanol–water partition coefficient (Wildman–Crippen LogP) is 1.83. The molecule has 0 saturated carbocycles. The molecule has 2 atom stereocenters. The second kappa shape index (κ2) is 2.80. The minimum absolute atomic E-state index is 0.306. The lowest BCUT2D eigenvalue weighted by Gasteiger charge is -2.08. The highest BCUT2D eigenvalue weighted by molar-refractivity contribution is 5.82. The van der Waals surface area contributed by atoms with E-state index in [1.807, 2.05) is 0 Å². The summed E-state index contributed by atoms with van der Waals surface area (Å²) in [5, 5.41) is 6.93. The zero-order valence-corrected chi connectivity index (χ0v) is 5.24. The number of rotatable bonds is 2. The van der Waals surface area contributed by atoms with Crippen LogP contribution in [0.5, 0.6) is 0 Å². The van der Waals surface area contributed by atoms with Crippen LogP contribution < -0.4 is 0 Å². The van der Waals surface area contributed by atoms with Gasteiger partial charge < -0.3 is 5.41 Å². The van der Waals surface area contributed by atoms with Crippen LogP contribution in [-0.4, -0.2) is 11.9 Å². The van der Waals surface area contributed by atoms with E-state index < -0.39 is 12.1 Å². The summed E-state index contributed by atoms with van der Waals surface area (Å²) in [5.74, 6) is -0.463. The number of nitrogens with one attached hydrogen (secondary N) is 1. The first kappa shape index (κ1) is 7.60. The summed E-state index contributed by atoms with van der Waals surface area (Å²) in [4.78, 5) is 0. The molecule has 0 aliphatic carbocycles. The van der Waals surface area contributed by atoms with Crippen molar-refractivity contribution in [2.45, 2.75) is 20.0 Å². The van der Waals surface area contributed by atoms with Gasteiger partial charge in [-0.15, -0.1) is 0 Å². The first-order chi connectivity index (χ1) is 3.55. The Bertz CT molecular complexity index is 88.5. The smallest absolute Gasteiger partial charge is 0.105 e. The Labute approximate surface area is 49.4 Å². The summed E-state index contributed by atoms with van der Waals surface area (Å²) in [6.07, 6.45) is -0.993. The Balaban J connectivity index is 3.64. The average Bonchev–Trinajstić information content (AvgIpc) is 1.64. The number of halogens is 1. The minimum atomic E-state index is -0.993. The highest BCUT2D eigenvalue weighted by atomic mass is 19.1. The van der Waals surface area contributed by atoms with E-state index in [0.717, 1.165) is 0 Å². The van der Waals surface area contributed by atoms with Crippen molar-refractivity contribution in [3.63, 3.8) is 0 Å². The standard InChI is InChI=1S/C6H11FN/c1-4(5(2)7)6(3)8/h4-5,8H,1H2,2-3H3. The third-order valence-corrected chi connectivity index (χ3v) is 1.11. The van der Waals surface area contributed by atoms with Gasteiger partial charge in [0.1, 0.15) is 6.17 Å². The fraction of sp³-hybridized carbons (Fsp3) is 0.667. The van der Waals surface area contributed by atoms with E-state index in [9.17, 15) is 4.39 Å². The van der Waals surface area contributed by atoms with Gasteiger partial charge in [-0.25, -0.2) is 4.39 Å². The molecular formula is C6H11FN. The van der Waals surface area contributed by atoms with E-state index >= 15 is 0 Å². The Kier molecular flexibility index (Phi) is 2.66. The second-order valence-electron chi connectivity index (χ2n) is 1.97. The van der Waals surface area contributed by atoms with E-state index in [0.29, 0.717) is 5.71 Å². The van der Waals surface area contributed by atoms with Crippen molar-refractivity contribution in [1.82, 2.24) is 0 Å². The third kappa shape index (κ3) is 2.05. The monoisotopic (exact) mass is 116 g/mol. The van der Waals surface area contributed by atoms with Crippen molar-refractivity contribution in [2.75, 3.05) is 0 Å². The van der Waals surface area contributed by atoms with Crippen LogP contribution in [0.4, 0.5) is 4.39 Å². The van der Waals surface area contributed by atoms with Crippen LogP contribution in [0.2, 0.25) is 0 Å². The Morgan fingerprint density at radius 1 is 1.75 bits per heavy atom. The molecule has 0 aromatic carbocycles. The normalized spacial score (nSPS) is 17.5. The molecule has 0 fully saturated rings. The van der Waals surface area contributed by atoms with Crippen LogP contribution in [-0.2, 0) is 0 Å². The van der Waals surface area contributed by atoms with Gasteiger partial charge in [-0.05, 0) is 20.8 Å². The van der Waals surface area contributed by atoms with Crippen molar-refractivity contribution in [2.24, 2.45) is 5.92 Å². The van der Waals surface area contributed by atoms with Crippen molar-refractivity contribution >= 4 is 5.71 Å². The van der Waals surface area contributed by atoms with Gasteiger partial charge >= 0.3 is 0 Å². The summed E-state index contributed by atoms with van der Waals surface area (Å²) < 4.78 is 12.1. The lowest BCUT2D eigenvalue weighted by molar-refractivity contribution is 0.328. The summed E-state index contributed by atoms with van der Waals surface area (Å²) in [5.41, 5.74) is 0.306. The molecule has 0 aliphatic heterocycles. The molecule has 0 bridgehead atoms. The Morgan fingerprint density at radius 3 is 2.12 bits per heavy atom. The van der Waals surface area contributed by atoms with E-state index in [1.54, 1.807) is 6.92 Å². The van der Waals surface area contributed by atoms with Gasteiger partial charge in [0, 0.05) is 11.6 Å². The minimum Gasteiger partial charge on any atom is -0.310 e. The zero-order valence-electron chi connectivity index (χ0n) is 5.24. The fourth-order valence-corrected chi connectivity index (χ4v) is 0.344. The largest absolute Gasteiger partial charge is 0.310 e. The van der Waals surface area contributed by atoms with Gasteiger partial charge in [0.2, 0.25) is 0 Å². The second-order valence-corrected chi connectivity index (χ2v) is 1.97. The summed E-state index contributed by atoms with van der Waals surface area (Å²) in [7, 11) is 0. The lowest BCUT2D eigenvalue weighted by Crippen LogP contribution is -2.15. The van der Waals surface area contributed by atoms with Crippen molar-refractivity contribution < 1.29 is 4.39 Å². The highest BCUT2D eigenvalue weighted by Gasteiger charge is 2.11. The molecule has 2 unspecified atom stereocenters. The van der Waals surface area contributed by atoms with Gasteiger partial charge in [-0.1, -0.05) is 0 Å². The van der Waals surface area contributed by atoms with E-state index in [-0.39, 0.29) is 0 Å². The lowest BCUT2D eigenvalue weighted by atomic mass is 10.0. The van der Waals surface area contributed by atoms with Crippen LogP contribution in [0.3, 0.4) is 0 Å². The van der Waals surface area contributed by atoms with Gasteiger partial charge in [-0.3, -0.25) is 0 Å². The summed E-state index contributed by atoms with van der Waals surface area (Å²) in [6.45, 7) is 6.41. The summed E-state index contributed by atoms with van der Waals surface area (Å²) >= 11 is 0. The molecule has 1 nitrogen and oxygen atoms in total. The average molecular weight is 116 g/mol. The van der Waals surface area contributed by atoms with E-state index in [4.69, 9.17) is 5.41 Å². The molecule has 0 rings (SSSR count). The van der Waals surface area contributed by atoms with Gasteiger partial charge in [0.05, 0.1) is 0 Å². The molecule has 1 N–H and O–H groups in total. The maximum Gasteiger partial charge on any atom is 0.105 e. The van der Waals surface area contributed by atoms with Crippen LogP contribution in [0.1, 0.15) is 13.8 Å². The first-order valence-corrected chi connectivity index (χ1v) is 2.58. The molecule has 0 aromatic heterocycles. The van der Waals surface area contributed by atoms with E-state index in [1.165, 1.54) is 6.92 Å². The number of alkyl halides is 1. The molecular weight excluding hydrogens is 105 g/mol. The van der Waals surface area contributed by atoms with Crippen LogP contribution in [0, 0.1) is 18.3 Å². The van der Waals surface area contributed by atoms with Crippen LogP contribution in [0.15, 0.2) is 0 Å². The highest BCUT2D eigenvalue weighted by Crippen LogP contribution is 2.05. The molecule has 0 saturated heterocycles. The van der Waals surface area contributed by atoms with Crippen LogP contribution >= 0.6 is 0 Å². The quantitative estimate of drug-likeness (QED) is 0.532. The van der Waals surface area contributed by atoms with Crippen molar-refractivity contribution in [3.8, 4) is 0 Å². The molecule has 8 heavy (non-hydrogen) atoms. The molecule has 0 amide bonds. The number of hydrogen-bond donors (Lipinski definition) is 1. The Morgan fingerprint density at radius 2 is 2.12 bits per heavy atom.